The molecule has 21 heavy (non-hydrogen) atoms. The Bertz CT molecular complexity index is 543. The molecule has 1 aromatic rings. The third-order valence-corrected chi connectivity index (χ3v) is 2.81. The molecule has 1 rings (SSSR count). The molecule has 0 aliphatic heterocycles. The Kier molecular flexibility index (Phi) is 5.07. The summed E-state index contributed by atoms with van der Waals surface area (Å²) in [6.07, 6.45) is -11.1. The van der Waals surface area contributed by atoms with Crippen molar-refractivity contribution >= 4 is 21.9 Å². The Hall–Kier alpha value is -1.52. The lowest BCUT2D eigenvalue weighted by Crippen LogP contribution is -2.23. The fraction of sp³-hybridized carbons (Fsp3) is 0.400. The van der Waals surface area contributed by atoms with E-state index in [1.54, 1.807) is 0 Å². The molecular weight excluding hydrogens is 376 g/mol. The summed E-state index contributed by atoms with van der Waals surface area (Å²) in [5, 5.41) is 8.42. The number of halogens is 7. The normalized spacial score (nSPS) is 12.3. The van der Waals surface area contributed by atoms with Crippen LogP contribution in [0.15, 0.2) is 6.20 Å². The van der Waals surface area contributed by atoms with Crippen molar-refractivity contribution in [3.63, 3.8) is 0 Å². The second-order valence-electron chi connectivity index (χ2n) is 3.69. The van der Waals surface area contributed by atoms with Gasteiger partial charge < -0.3 is 9.84 Å². The summed E-state index contributed by atoms with van der Waals surface area (Å²) < 4.78 is 78.5. The van der Waals surface area contributed by atoms with E-state index in [0.717, 1.165) is 0 Å². The molecule has 0 spiro atoms. The first-order valence-electron chi connectivity index (χ1n) is 5.07. The number of pyridine rings is 1. The van der Waals surface area contributed by atoms with Gasteiger partial charge in [-0.1, -0.05) is 15.9 Å². The Balaban J connectivity index is 3.56. The van der Waals surface area contributed by atoms with E-state index in [1.807, 2.05) is 0 Å². The molecule has 0 aromatic carbocycles. The van der Waals surface area contributed by atoms with Crippen LogP contribution in [-0.2, 0) is 22.7 Å². The van der Waals surface area contributed by atoms with Crippen molar-refractivity contribution in [3.8, 4) is 5.88 Å². The lowest BCUT2D eigenvalue weighted by molar-refractivity contribution is -0.277. The molecular formula is C10H6BrF6NO3. The minimum atomic E-state index is -5.39. The first-order valence-corrected chi connectivity index (χ1v) is 6.19. The molecule has 1 N–H and O–H groups in total. The highest BCUT2D eigenvalue weighted by Gasteiger charge is 2.43. The van der Waals surface area contributed by atoms with Gasteiger partial charge in [-0.05, 0) is 11.1 Å². The number of nitrogens with zero attached hydrogens (tertiary/aromatic N) is 1. The van der Waals surface area contributed by atoms with Crippen LogP contribution < -0.4 is 4.74 Å². The molecule has 0 unspecified atom stereocenters. The predicted octanol–water partition coefficient (Wildman–Crippen LogP) is 3.52. The molecule has 0 aliphatic rings. The summed E-state index contributed by atoms with van der Waals surface area (Å²) in [7, 11) is 0. The zero-order valence-corrected chi connectivity index (χ0v) is 11.4. The molecule has 0 bridgehead atoms. The SMILES string of the molecule is O=C(O)Cc1c(CBr)cnc(OC(F)(F)F)c1C(F)(F)F. The van der Waals surface area contributed by atoms with Gasteiger partial charge in [0.2, 0.25) is 5.88 Å². The molecule has 0 atom stereocenters. The summed E-state index contributed by atoms with van der Waals surface area (Å²) in [6.45, 7) is 0. The number of aliphatic carboxylic acids is 1. The zero-order valence-electron chi connectivity index (χ0n) is 9.85. The highest BCUT2D eigenvalue weighted by atomic mass is 79.9. The van der Waals surface area contributed by atoms with Crippen molar-refractivity contribution in [2.75, 3.05) is 0 Å². The summed E-state index contributed by atoms with van der Waals surface area (Å²) in [6, 6.07) is 0. The average molecular weight is 382 g/mol. The number of ether oxygens (including phenoxy) is 1. The molecule has 4 nitrogen and oxygen atoms in total. The third kappa shape index (κ3) is 4.76. The number of rotatable bonds is 4. The van der Waals surface area contributed by atoms with Gasteiger partial charge in [-0.25, -0.2) is 4.98 Å². The quantitative estimate of drug-likeness (QED) is 0.640. The van der Waals surface area contributed by atoms with Crippen LogP contribution in [0, 0.1) is 0 Å². The number of carboxylic acids is 1. The van der Waals surface area contributed by atoms with Crippen LogP contribution in [0.25, 0.3) is 0 Å². The van der Waals surface area contributed by atoms with Crippen LogP contribution in [-0.4, -0.2) is 22.4 Å². The van der Waals surface area contributed by atoms with Gasteiger partial charge in [-0.2, -0.15) is 13.2 Å². The van der Waals surface area contributed by atoms with E-state index in [0.29, 0.717) is 6.20 Å². The Morgan fingerprint density at radius 2 is 1.86 bits per heavy atom. The van der Waals surface area contributed by atoms with Crippen LogP contribution in [0.2, 0.25) is 0 Å². The molecule has 0 radical (unpaired) electrons. The van der Waals surface area contributed by atoms with E-state index in [1.165, 1.54) is 0 Å². The summed E-state index contributed by atoms with van der Waals surface area (Å²) in [4.78, 5) is 13.6. The van der Waals surface area contributed by atoms with Gasteiger partial charge >= 0.3 is 18.5 Å². The van der Waals surface area contributed by atoms with Gasteiger partial charge in [-0.3, -0.25) is 4.79 Å². The van der Waals surface area contributed by atoms with E-state index in [-0.39, 0.29) is 10.9 Å². The van der Waals surface area contributed by atoms with Gasteiger partial charge in [0, 0.05) is 11.5 Å². The first-order chi connectivity index (χ1) is 9.45. The number of alkyl halides is 7. The number of carboxylic acid groups (broad SMARTS) is 1. The smallest absolute Gasteiger partial charge is 0.481 e. The van der Waals surface area contributed by atoms with Crippen molar-refractivity contribution in [1.29, 1.82) is 0 Å². The number of hydrogen-bond acceptors (Lipinski definition) is 3. The maximum Gasteiger partial charge on any atom is 0.574 e. The minimum absolute atomic E-state index is 0.195. The standard InChI is InChI=1S/C10H6BrF6NO3/c11-2-4-3-18-8(21-10(15,16)17)7(9(12,13)14)5(4)1-6(19)20/h3H,1-2H2,(H,19,20). The maximum absolute atomic E-state index is 13.0. The monoisotopic (exact) mass is 381 g/mol. The topological polar surface area (TPSA) is 59.4 Å². The molecule has 11 heteroatoms. The summed E-state index contributed by atoms with van der Waals surface area (Å²) in [5.74, 6) is -3.36. The van der Waals surface area contributed by atoms with E-state index >= 15 is 0 Å². The number of carbonyl (C=O) groups is 1. The van der Waals surface area contributed by atoms with Gasteiger partial charge in [0.15, 0.2) is 0 Å². The first kappa shape index (κ1) is 17.5. The minimum Gasteiger partial charge on any atom is -0.481 e. The molecule has 0 aliphatic carbocycles. The van der Waals surface area contributed by atoms with E-state index in [4.69, 9.17) is 5.11 Å². The van der Waals surface area contributed by atoms with Crippen molar-refractivity contribution in [2.45, 2.75) is 24.3 Å². The van der Waals surface area contributed by atoms with Crippen LogP contribution in [0.3, 0.4) is 0 Å². The Labute approximate surface area is 121 Å². The van der Waals surface area contributed by atoms with Crippen LogP contribution >= 0.6 is 15.9 Å². The number of aromatic nitrogens is 1. The zero-order chi connectivity index (χ0) is 16.4. The molecule has 1 aromatic heterocycles. The fourth-order valence-corrected chi connectivity index (χ4v) is 2.00. The molecule has 1 heterocycles. The Morgan fingerprint density at radius 1 is 1.29 bits per heavy atom. The van der Waals surface area contributed by atoms with Crippen LogP contribution in [0.5, 0.6) is 5.88 Å². The highest BCUT2D eigenvalue weighted by Crippen LogP contribution is 2.41. The highest BCUT2D eigenvalue weighted by molar-refractivity contribution is 9.08. The van der Waals surface area contributed by atoms with Gasteiger partial charge in [-0.15, -0.1) is 13.2 Å². The van der Waals surface area contributed by atoms with Crippen LogP contribution in [0.4, 0.5) is 26.3 Å². The van der Waals surface area contributed by atoms with Crippen molar-refractivity contribution < 1.29 is 41.0 Å². The number of hydrogen-bond donors (Lipinski definition) is 1. The molecule has 0 saturated heterocycles. The van der Waals surface area contributed by atoms with Crippen molar-refractivity contribution in [1.82, 2.24) is 4.98 Å². The lowest BCUT2D eigenvalue weighted by atomic mass is 10.0. The predicted molar refractivity (Wildman–Crippen MR) is 59.9 cm³/mol. The van der Waals surface area contributed by atoms with Crippen molar-refractivity contribution in [3.05, 3.63) is 22.9 Å². The van der Waals surface area contributed by atoms with E-state index in [2.05, 4.69) is 25.7 Å². The van der Waals surface area contributed by atoms with Gasteiger partial charge in [0.05, 0.1) is 6.42 Å². The third-order valence-electron chi connectivity index (χ3n) is 2.21. The lowest BCUT2D eigenvalue weighted by Gasteiger charge is -2.19. The molecule has 0 fully saturated rings. The van der Waals surface area contributed by atoms with Gasteiger partial charge in [0.1, 0.15) is 5.56 Å². The largest absolute Gasteiger partial charge is 0.574 e. The second-order valence-corrected chi connectivity index (χ2v) is 4.25. The molecule has 118 valence electrons. The van der Waals surface area contributed by atoms with Crippen molar-refractivity contribution in [2.24, 2.45) is 0 Å². The van der Waals surface area contributed by atoms with Crippen LogP contribution in [0.1, 0.15) is 16.7 Å². The maximum atomic E-state index is 13.0. The van der Waals surface area contributed by atoms with E-state index < -0.39 is 41.9 Å². The molecule has 0 saturated carbocycles. The van der Waals surface area contributed by atoms with E-state index in [9.17, 15) is 31.1 Å². The molecule has 0 amide bonds. The summed E-state index contributed by atoms with van der Waals surface area (Å²) >= 11 is 2.82. The Morgan fingerprint density at radius 3 is 2.24 bits per heavy atom. The second kappa shape index (κ2) is 6.08. The summed E-state index contributed by atoms with van der Waals surface area (Å²) in [5.41, 5.74) is -2.88. The average Bonchev–Trinajstić information content (AvgIpc) is 2.24. The van der Waals surface area contributed by atoms with Gasteiger partial charge in [0.25, 0.3) is 0 Å². The fourth-order valence-electron chi connectivity index (χ4n) is 1.52.